The molecular formula is C13H19NO5S. The predicted molar refractivity (Wildman–Crippen MR) is 75.3 cm³/mol. The van der Waals surface area contributed by atoms with Crippen molar-refractivity contribution >= 4 is 15.9 Å². The van der Waals surface area contributed by atoms with Gasteiger partial charge in [-0.1, -0.05) is 19.9 Å². The zero-order chi connectivity index (χ0) is 15.2. The van der Waals surface area contributed by atoms with E-state index in [1.165, 1.54) is 0 Å². The molecule has 0 saturated carbocycles. The number of sulfonamides is 1. The molecule has 20 heavy (non-hydrogen) atoms. The molecule has 0 heterocycles. The van der Waals surface area contributed by atoms with Crippen LogP contribution < -0.4 is 14.2 Å². The van der Waals surface area contributed by atoms with Crippen LogP contribution in [0.1, 0.15) is 13.8 Å². The van der Waals surface area contributed by atoms with Crippen LogP contribution in [0.3, 0.4) is 0 Å². The predicted octanol–water partition coefficient (Wildman–Crippen LogP) is 1.18. The van der Waals surface area contributed by atoms with Crippen LogP contribution in [0.2, 0.25) is 0 Å². The van der Waals surface area contributed by atoms with Crippen LogP contribution in [0.15, 0.2) is 24.3 Å². The Hall–Kier alpha value is -1.76. The van der Waals surface area contributed by atoms with Gasteiger partial charge in [0.2, 0.25) is 10.0 Å². The molecule has 0 aliphatic heterocycles. The van der Waals surface area contributed by atoms with Crippen LogP contribution >= 0.6 is 0 Å². The Morgan fingerprint density at radius 1 is 1.25 bits per heavy atom. The minimum absolute atomic E-state index is 0.374. The Morgan fingerprint density at radius 3 is 2.40 bits per heavy atom. The lowest BCUT2D eigenvalue weighted by atomic mass is 10.2. The van der Waals surface area contributed by atoms with Crippen LogP contribution in [0.5, 0.6) is 11.5 Å². The van der Waals surface area contributed by atoms with Crippen LogP contribution in [0.25, 0.3) is 0 Å². The normalized spacial score (nSPS) is 11.2. The van der Waals surface area contributed by atoms with E-state index in [1.807, 2.05) is 18.6 Å². The maximum Gasteiger partial charge on any atom is 0.271 e. The van der Waals surface area contributed by atoms with E-state index in [0.29, 0.717) is 24.0 Å². The first-order valence-corrected chi connectivity index (χ1v) is 8.01. The van der Waals surface area contributed by atoms with Crippen molar-refractivity contribution in [1.82, 2.24) is 4.72 Å². The van der Waals surface area contributed by atoms with Crippen molar-refractivity contribution in [3.05, 3.63) is 24.3 Å². The average molecular weight is 301 g/mol. The number of hydrogen-bond donors (Lipinski definition) is 1. The highest BCUT2D eigenvalue weighted by Crippen LogP contribution is 2.19. The zero-order valence-electron chi connectivity index (χ0n) is 11.8. The summed E-state index contributed by atoms with van der Waals surface area (Å²) in [7, 11) is -3.56. The van der Waals surface area contributed by atoms with Crippen molar-refractivity contribution in [1.29, 1.82) is 0 Å². The summed E-state index contributed by atoms with van der Waals surface area (Å²) in [6.45, 7) is 4.28. The van der Waals surface area contributed by atoms with Crippen molar-refractivity contribution < 1.29 is 22.7 Å². The molecule has 0 radical (unpaired) electrons. The van der Waals surface area contributed by atoms with E-state index in [-0.39, 0.29) is 6.61 Å². The van der Waals surface area contributed by atoms with E-state index in [2.05, 4.69) is 0 Å². The minimum Gasteiger partial charge on any atom is -0.493 e. The summed E-state index contributed by atoms with van der Waals surface area (Å²) >= 11 is 0. The maximum absolute atomic E-state index is 11.3. The van der Waals surface area contributed by atoms with Crippen molar-refractivity contribution in [2.45, 2.75) is 13.8 Å². The molecule has 0 fully saturated rings. The number of ether oxygens (including phenoxy) is 2. The molecule has 6 nitrogen and oxygen atoms in total. The second-order valence-electron chi connectivity index (χ2n) is 4.77. The largest absolute Gasteiger partial charge is 0.493 e. The van der Waals surface area contributed by atoms with Gasteiger partial charge in [0.15, 0.2) is 6.61 Å². The topological polar surface area (TPSA) is 81.7 Å². The average Bonchev–Trinajstić information content (AvgIpc) is 2.32. The molecule has 112 valence electrons. The van der Waals surface area contributed by atoms with E-state index in [1.54, 1.807) is 24.3 Å². The summed E-state index contributed by atoms with van der Waals surface area (Å²) in [5, 5.41) is 0. The molecule has 0 saturated heterocycles. The van der Waals surface area contributed by atoms with Gasteiger partial charge in [-0.2, -0.15) is 0 Å². The van der Waals surface area contributed by atoms with Gasteiger partial charge in [-0.3, -0.25) is 9.52 Å². The Kier molecular flexibility index (Phi) is 5.82. The highest BCUT2D eigenvalue weighted by Gasteiger charge is 2.09. The zero-order valence-corrected chi connectivity index (χ0v) is 12.6. The molecule has 0 bridgehead atoms. The summed E-state index contributed by atoms with van der Waals surface area (Å²) in [4.78, 5) is 11.3. The molecule has 0 aliphatic carbocycles. The van der Waals surface area contributed by atoms with Crippen LogP contribution in [-0.4, -0.2) is 33.8 Å². The molecule has 1 rings (SSSR count). The van der Waals surface area contributed by atoms with E-state index in [9.17, 15) is 13.2 Å². The fourth-order valence-electron chi connectivity index (χ4n) is 1.30. The highest BCUT2D eigenvalue weighted by atomic mass is 32.2. The lowest BCUT2D eigenvalue weighted by Crippen LogP contribution is -2.33. The van der Waals surface area contributed by atoms with Gasteiger partial charge < -0.3 is 9.47 Å². The molecule has 0 unspecified atom stereocenters. The fraction of sp³-hybridized carbons (Fsp3) is 0.462. The lowest BCUT2D eigenvalue weighted by Gasteiger charge is -2.10. The van der Waals surface area contributed by atoms with E-state index in [0.717, 1.165) is 6.26 Å². The highest BCUT2D eigenvalue weighted by molar-refractivity contribution is 7.89. The summed E-state index contributed by atoms with van der Waals surface area (Å²) < 4.78 is 34.2. The number of nitrogens with one attached hydrogen (secondary N) is 1. The van der Waals surface area contributed by atoms with Gasteiger partial charge in [0.1, 0.15) is 11.5 Å². The first-order chi connectivity index (χ1) is 9.26. The molecular weight excluding hydrogens is 282 g/mol. The number of rotatable bonds is 7. The van der Waals surface area contributed by atoms with Gasteiger partial charge in [-0.05, 0) is 18.1 Å². The Balaban J connectivity index is 2.52. The molecule has 0 spiro atoms. The van der Waals surface area contributed by atoms with Crippen LogP contribution in [0, 0.1) is 5.92 Å². The molecule has 0 aromatic heterocycles. The first kappa shape index (κ1) is 16.3. The second-order valence-corrected chi connectivity index (χ2v) is 6.51. The molecule has 1 amide bonds. The molecule has 7 heteroatoms. The smallest absolute Gasteiger partial charge is 0.271 e. The third-order valence-electron chi connectivity index (χ3n) is 2.06. The van der Waals surface area contributed by atoms with Gasteiger partial charge in [0.05, 0.1) is 12.9 Å². The first-order valence-electron chi connectivity index (χ1n) is 6.12. The number of carbonyl (C=O) groups is 1. The molecule has 1 aromatic rings. The number of benzene rings is 1. The summed E-state index contributed by atoms with van der Waals surface area (Å²) in [6, 6.07) is 6.83. The molecule has 0 aliphatic rings. The number of carbonyl (C=O) groups excluding carboxylic acids is 1. The van der Waals surface area contributed by atoms with Gasteiger partial charge >= 0.3 is 0 Å². The van der Waals surface area contributed by atoms with Gasteiger partial charge in [0, 0.05) is 6.07 Å². The van der Waals surface area contributed by atoms with Crippen molar-refractivity contribution in [3.63, 3.8) is 0 Å². The fourth-order valence-corrected chi connectivity index (χ4v) is 1.77. The minimum atomic E-state index is -3.56. The maximum atomic E-state index is 11.3. The SMILES string of the molecule is CC(C)COc1cccc(OCC(=O)NS(C)(=O)=O)c1. The Bertz CT molecular complexity index is 554. The summed E-state index contributed by atoms with van der Waals surface area (Å²) in [6.07, 6.45) is 0.908. The number of hydrogen-bond acceptors (Lipinski definition) is 5. The second kappa shape index (κ2) is 7.14. The third kappa shape index (κ3) is 6.98. The summed E-state index contributed by atoms with van der Waals surface area (Å²) in [5.41, 5.74) is 0. The van der Waals surface area contributed by atoms with E-state index in [4.69, 9.17) is 9.47 Å². The van der Waals surface area contributed by atoms with Crippen molar-refractivity contribution in [2.75, 3.05) is 19.5 Å². The van der Waals surface area contributed by atoms with E-state index >= 15 is 0 Å². The monoisotopic (exact) mass is 301 g/mol. The van der Waals surface area contributed by atoms with Gasteiger partial charge in [-0.15, -0.1) is 0 Å². The standard InChI is InChI=1S/C13H19NO5S/c1-10(2)8-18-11-5-4-6-12(7-11)19-9-13(15)14-20(3,16)17/h4-7,10H,8-9H2,1-3H3,(H,14,15). The Labute approximate surface area is 119 Å². The lowest BCUT2D eigenvalue weighted by molar-refractivity contribution is -0.121. The quantitative estimate of drug-likeness (QED) is 0.817. The van der Waals surface area contributed by atoms with Crippen LogP contribution in [-0.2, 0) is 14.8 Å². The molecule has 1 N–H and O–H groups in total. The van der Waals surface area contributed by atoms with Gasteiger partial charge in [-0.25, -0.2) is 8.42 Å². The van der Waals surface area contributed by atoms with Gasteiger partial charge in [0.25, 0.3) is 5.91 Å². The molecule has 0 atom stereocenters. The Morgan fingerprint density at radius 2 is 1.85 bits per heavy atom. The van der Waals surface area contributed by atoms with E-state index < -0.39 is 15.9 Å². The van der Waals surface area contributed by atoms with Crippen molar-refractivity contribution in [3.8, 4) is 11.5 Å². The summed E-state index contributed by atoms with van der Waals surface area (Å²) in [5.74, 6) is 0.760. The molecule has 1 aromatic carbocycles. The number of amides is 1. The third-order valence-corrected chi connectivity index (χ3v) is 2.66. The van der Waals surface area contributed by atoms with Crippen LogP contribution in [0.4, 0.5) is 0 Å². The van der Waals surface area contributed by atoms with Crippen molar-refractivity contribution in [2.24, 2.45) is 5.92 Å².